The Hall–Kier alpha value is -1.06. The Morgan fingerprint density at radius 3 is 1.71 bits per heavy atom. The first-order chi connectivity index (χ1) is 11.1. The molecule has 2 aliphatic rings. The van der Waals surface area contributed by atoms with Crippen molar-refractivity contribution in [2.45, 2.75) is 77.4 Å². The van der Waals surface area contributed by atoms with Crippen LogP contribution < -0.4 is 0 Å². The number of phenols is 1. The summed E-state index contributed by atoms with van der Waals surface area (Å²) in [4.78, 5) is 0. The Labute approximate surface area is 146 Å². The van der Waals surface area contributed by atoms with Crippen LogP contribution in [0.15, 0.2) is 12.1 Å². The molecule has 0 radical (unpaired) electrons. The van der Waals surface area contributed by atoms with E-state index in [9.17, 15) is 5.11 Å². The van der Waals surface area contributed by atoms with E-state index in [1.54, 1.807) is 0 Å². The number of hydrogen-bond acceptors (Lipinski definition) is 3. The molecule has 3 heteroatoms. The Bertz CT molecular complexity index is 559. The normalized spacial score (nSPS) is 25.8. The predicted octanol–water partition coefficient (Wildman–Crippen LogP) is 4.85. The maximum Gasteiger partial charge on any atom is 0.160 e. The Balaban J connectivity index is 1.92. The molecule has 0 amide bonds. The summed E-state index contributed by atoms with van der Waals surface area (Å²) >= 11 is 0. The summed E-state index contributed by atoms with van der Waals surface area (Å²) in [5.74, 6) is 1.29. The van der Waals surface area contributed by atoms with Crippen molar-refractivity contribution in [3.8, 4) is 5.75 Å². The SMILES string of the molecule is CC(C)(C)c1cc(C2COC(C3CC3)OC2)cc(C(C)(C)C)c1O. The molecule has 1 aliphatic carbocycles. The van der Waals surface area contributed by atoms with E-state index < -0.39 is 0 Å². The highest BCUT2D eigenvalue weighted by molar-refractivity contribution is 5.50. The smallest absolute Gasteiger partial charge is 0.160 e. The topological polar surface area (TPSA) is 38.7 Å². The van der Waals surface area contributed by atoms with Gasteiger partial charge in [0.2, 0.25) is 0 Å². The second-order valence-electron chi connectivity index (χ2n) is 9.53. The number of phenolic OH excluding ortho intramolecular Hbond substituents is 1. The summed E-state index contributed by atoms with van der Waals surface area (Å²) in [5, 5.41) is 10.8. The number of rotatable bonds is 2. The van der Waals surface area contributed by atoms with Crippen molar-refractivity contribution in [3.05, 3.63) is 28.8 Å². The summed E-state index contributed by atoms with van der Waals surface area (Å²) < 4.78 is 11.9. The molecule has 134 valence electrons. The molecule has 0 bridgehead atoms. The second kappa shape index (κ2) is 6.03. The molecule has 0 unspecified atom stereocenters. The van der Waals surface area contributed by atoms with Crippen LogP contribution in [0.1, 0.15) is 77.0 Å². The van der Waals surface area contributed by atoms with Crippen LogP contribution in [0.4, 0.5) is 0 Å². The molecule has 1 aromatic carbocycles. The minimum Gasteiger partial charge on any atom is -0.507 e. The van der Waals surface area contributed by atoms with E-state index in [4.69, 9.17) is 9.47 Å². The molecular weight excluding hydrogens is 300 g/mol. The van der Waals surface area contributed by atoms with Crippen LogP contribution in [0.3, 0.4) is 0 Å². The lowest BCUT2D eigenvalue weighted by atomic mass is 9.77. The van der Waals surface area contributed by atoms with Crippen LogP contribution in [0.2, 0.25) is 0 Å². The van der Waals surface area contributed by atoms with Crippen LogP contribution in [0.25, 0.3) is 0 Å². The Morgan fingerprint density at radius 1 is 0.875 bits per heavy atom. The molecule has 0 spiro atoms. The quantitative estimate of drug-likeness (QED) is 0.841. The molecule has 1 aromatic rings. The predicted molar refractivity (Wildman–Crippen MR) is 96.7 cm³/mol. The Morgan fingerprint density at radius 2 is 1.33 bits per heavy atom. The Kier molecular flexibility index (Phi) is 4.46. The molecule has 24 heavy (non-hydrogen) atoms. The highest BCUT2D eigenvalue weighted by Gasteiger charge is 2.37. The van der Waals surface area contributed by atoms with E-state index in [0.29, 0.717) is 24.9 Å². The fourth-order valence-corrected chi connectivity index (χ4v) is 3.39. The van der Waals surface area contributed by atoms with Gasteiger partial charge in [-0.1, -0.05) is 53.7 Å². The van der Waals surface area contributed by atoms with Crippen molar-refractivity contribution in [1.82, 2.24) is 0 Å². The van der Waals surface area contributed by atoms with Gasteiger partial charge in [0.25, 0.3) is 0 Å². The van der Waals surface area contributed by atoms with Gasteiger partial charge in [-0.05, 0) is 40.4 Å². The van der Waals surface area contributed by atoms with Crippen molar-refractivity contribution >= 4 is 0 Å². The van der Waals surface area contributed by atoms with E-state index in [1.807, 2.05) is 0 Å². The fraction of sp³-hybridized carbons (Fsp3) is 0.714. The maximum atomic E-state index is 10.8. The average Bonchev–Trinajstić information content (AvgIpc) is 3.30. The van der Waals surface area contributed by atoms with E-state index in [2.05, 4.69) is 53.7 Å². The van der Waals surface area contributed by atoms with Crippen molar-refractivity contribution < 1.29 is 14.6 Å². The van der Waals surface area contributed by atoms with Gasteiger partial charge in [-0.25, -0.2) is 0 Å². The summed E-state index contributed by atoms with van der Waals surface area (Å²) in [5.41, 5.74) is 3.03. The lowest BCUT2D eigenvalue weighted by Crippen LogP contribution is -2.32. The van der Waals surface area contributed by atoms with Crippen LogP contribution in [-0.4, -0.2) is 24.6 Å². The third kappa shape index (κ3) is 3.62. The summed E-state index contributed by atoms with van der Waals surface area (Å²) in [6.07, 6.45) is 2.47. The molecule has 0 aromatic heterocycles. The van der Waals surface area contributed by atoms with Gasteiger partial charge >= 0.3 is 0 Å². The van der Waals surface area contributed by atoms with Crippen molar-refractivity contribution in [1.29, 1.82) is 0 Å². The van der Waals surface area contributed by atoms with Crippen molar-refractivity contribution in [3.63, 3.8) is 0 Å². The molecule has 1 saturated carbocycles. The van der Waals surface area contributed by atoms with Crippen molar-refractivity contribution in [2.24, 2.45) is 5.92 Å². The third-order valence-corrected chi connectivity index (χ3v) is 5.15. The lowest BCUT2D eigenvalue weighted by Gasteiger charge is -2.33. The van der Waals surface area contributed by atoms with Gasteiger partial charge in [-0.2, -0.15) is 0 Å². The van der Waals surface area contributed by atoms with E-state index in [-0.39, 0.29) is 23.0 Å². The summed E-state index contributed by atoms with van der Waals surface area (Å²) in [6.45, 7) is 14.3. The minimum atomic E-state index is -0.104. The van der Waals surface area contributed by atoms with Gasteiger partial charge < -0.3 is 14.6 Å². The van der Waals surface area contributed by atoms with Gasteiger partial charge in [0.1, 0.15) is 5.75 Å². The fourth-order valence-electron chi connectivity index (χ4n) is 3.39. The first-order valence-corrected chi connectivity index (χ1v) is 9.18. The zero-order chi connectivity index (χ0) is 17.7. The van der Waals surface area contributed by atoms with Gasteiger partial charge in [0.05, 0.1) is 13.2 Å². The lowest BCUT2D eigenvalue weighted by molar-refractivity contribution is -0.197. The first-order valence-electron chi connectivity index (χ1n) is 9.18. The highest BCUT2D eigenvalue weighted by atomic mass is 16.7. The maximum absolute atomic E-state index is 10.8. The monoisotopic (exact) mass is 332 g/mol. The van der Waals surface area contributed by atoms with E-state index in [1.165, 1.54) is 18.4 Å². The standard InChI is InChI=1S/C21H32O3/c1-20(2,3)16-9-14(10-17(18(16)22)21(4,5)6)15-11-23-19(24-12-15)13-7-8-13/h9-10,13,15,19,22H,7-8,11-12H2,1-6H3. The van der Waals surface area contributed by atoms with Crippen LogP contribution in [-0.2, 0) is 20.3 Å². The average molecular weight is 332 g/mol. The molecule has 2 fully saturated rings. The third-order valence-electron chi connectivity index (χ3n) is 5.15. The number of ether oxygens (including phenoxy) is 2. The van der Waals surface area contributed by atoms with E-state index >= 15 is 0 Å². The highest BCUT2D eigenvalue weighted by Crippen LogP contribution is 2.43. The molecule has 0 atom stereocenters. The number of hydrogen-bond donors (Lipinski definition) is 1. The molecule has 1 N–H and O–H groups in total. The van der Waals surface area contributed by atoms with Gasteiger partial charge in [0.15, 0.2) is 6.29 Å². The van der Waals surface area contributed by atoms with Crippen LogP contribution in [0.5, 0.6) is 5.75 Å². The first kappa shape index (κ1) is 17.8. The summed E-state index contributed by atoms with van der Waals surface area (Å²) in [6, 6.07) is 4.30. The molecule has 3 nitrogen and oxygen atoms in total. The van der Waals surface area contributed by atoms with E-state index in [0.717, 1.165) is 11.1 Å². The summed E-state index contributed by atoms with van der Waals surface area (Å²) in [7, 11) is 0. The number of aromatic hydroxyl groups is 1. The van der Waals surface area contributed by atoms with Crippen molar-refractivity contribution in [2.75, 3.05) is 13.2 Å². The zero-order valence-electron chi connectivity index (χ0n) is 16.0. The van der Waals surface area contributed by atoms with Gasteiger partial charge in [-0.3, -0.25) is 0 Å². The largest absolute Gasteiger partial charge is 0.507 e. The van der Waals surface area contributed by atoms with Gasteiger partial charge in [-0.15, -0.1) is 0 Å². The molecule has 1 saturated heterocycles. The molecule has 1 heterocycles. The van der Waals surface area contributed by atoms with Crippen LogP contribution in [0, 0.1) is 5.92 Å². The minimum absolute atomic E-state index is 0.00235. The molecule has 3 rings (SSSR count). The zero-order valence-corrected chi connectivity index (χ0v) is 16.0. The second-order valence-corrected chi connectivity index (χ2v) is 9.53. The molecule has 1 aliphatic heterocycles. The number of benzene rings is 1. The van der Waals surface area contributed by atoms with Gasteiger partial charge in [0, 0.05) is 11.8 Å². The van der Waals surface area contributed by atoms with Crippen LogP contribution >= 0.6 is 0 Å². The molecular formula is C21H32O3.